The second-order valence-corrected chi connectivity index (χ2v) is 9.74. The van der Waals surface area contributed by atoms with Crippen molar-refractivity contribution in [3.8, 4) is 0 Å². The van der Waals surface area contributed by atoms with E-state index in [-0.39, 0.29) is 24.5 Å². The number of allylic oxidation sites excluding steroid dienone is 3. The second-order valence-electron chi connectivity index (χ2n) is 7.55. The van der Waals surface area contributed by atoms with Gasteiger partial charge in [-0.1, -0.05) is 33.7 Å². The zero-order valence-electron chi connectivity index (χ0n) is 17.6. The Morgan fingerprint density at radius 2 is 2.07 bits per heavy atom. The average molecular weight is 497 g/mol. The Morgan fingerprint density at radius 3 is 2.80 bits per heavy atom. The molecule has 2 N–H and O–H groups in total. The fraction of sp³-hybridized carbons (Fsp3) is 0.500. The van der Waals surface area contributed by atoms with Gasteiger partial charge < -0.3 is 15.2 Å². The molecule has 0 unspecified atom stereocenters. The molecule has 3 atom stereocenters. The Bertz CT molecular complexity index is 827. The number of nitrogens with two attached hydrogens (primary N) is 1. The third-order valence-corrected chi connectivity index (χ3v) is 5.60. The highest BCUT2D eigenvalue weighted by atomic mass is 79.9. The van der Waals surface area contributed by atoms with Crippen LogP contribution in [0.1, 0.15) is 50.7 Å². The molecule has 0 aliphatic carbocycles. The minimum atomic E-state index is -0.422. The Balaban J connectivity index is 2.20. The predicted molar refractivity (Wildman–Crippen MR) is 122 cm³/mol. The quantitative estimate of drug-likeness (QED) is 0.579. The average Bonchev–Trinajstić information content (AvgIpc) is 3.05. The van der Waals surface area contributed by atoms with Crippen LogP contribution in [0.2, 0.25) is 0 Å². The van der Waals surface area contributed by atoms with Crippen molar-refractivity contribution in [2.45, 2.75) is 71.1 Å². The van der Waals surface area contributed by atoms with E-state index in [9.17, 15) is 9.59 Å². The molecular formula is C22H29BrN2O4S. The number of halogens is 1. The van der Waals surface area contributed by atoms with Gasteiger partial charge in [-0.3, -0.25) is 4.79 Å². The molecule has 8 heteroatoms. The van der Waals surface area contributed by atoms with E-state index in [1.54, 1.807) is 6.08 Å². The Morgan fingerprint density at radius 1 is 1.30 bits per heavy atom. The van der Waals surface area contributed by atoms with Crippen LogP contribution in [0.25, 0.3) is 0 Å². The maximum atomic E-state index is 12.2. The summed E-state index contributed by atoms with van der Waals surface area (Å²) in [5, 5.41) is 2.87. The number of carbonyl (C=O) groups is 2. The topological polar surface area (TPSA) is 91.5 Å². The SMILES string of the molecule is C/C(Br)=C\[C@@H]1Cc2nc(cs2)CC[C@@H](N)CC(=O)O[C@@H](C)C/C(C)=C/C=C\C(=O)O1. The van der Waals surface area contributed by atoms with Crippen molar-refractivity contribution in [2.75, 3.05) is 0 Å². The maximum absolute atomic E-state index is 12.2. The lowest BCUT2D eigenvalue weighted by Gasteiger charge is -2.15. The van der Waals surface area contributed by atoms with Gasteiger partial charge in [0.1, 0.15) is 12.2 Å². The maximum Gasteiger partial charge on any atom is 0.331 e. The summed E-state index contributed by atoms with van der Waals surface area (Å²) in [4.78, 5) is 29.0. The molecule has 6 nitrogen and oxygen atoms in total. The molecule has 1 aliphatic heterocycles. The van der Waals surface area contributed by atoms with Gasteiger partial charge in [0.2, 0.25) is 0 Å². The van der Waals surface area contributed by atoms with Gasteiger partial charge in [0.25, 0.3) is 0 Å². The zero-order valence-corrected chi connectivity index (χ0v) is 20.0. The van der Waals surface area contributed by atoms with Crippen molar-refractivity contribution in [3.63, 3.8) is 0 Å². The molecule has 0 radical (unpaired) electrons. The summed E-state index contributed by atoms with van der Waals surface area (Å²) in [5.41, 5.74) is 8.03. The fourth-order valence-corrected chi connectivity index (χ4v) is 4.25. The predicted octanol–water partition coefficient (Wildman–Crippen LogP) is 4.38. The van der Waals surface area contributed by atoms with Crippen LogP contribution in [0.5, 0.6) is 0 Å². The van der Waals surface area contributed by atoms with E-state index in [0.29, 0.717) is 25.7 Å². The van der Waals surface area contributed by atoms with Gasteiger partial charge in [-0.15, -0.1) is 11.3 Å². The molecule has 0 spiro atoms. The first-order valence-corrected chi connectivity index (χ1v) is 11.6. The Kier molecular flexibility index (Phi) is 9.94. The minimum Gasteiger partial charge on any atom is -0.462 e. The summed E-state index contributed by atoms with van der Waals surface area (Å²) in [7, 11) is 0. The second kappa shape index (κ2) is 12.2. The van der Waals surface area contributed by atoms with Crippen LogP contribution in [0.15, 0.2) is 39.7 Å². The largest absolute Gasteiger partial charge is 0.462 e. The first-order chi connectivity index (χ1) is 14.2. The molecule has 1 aliphatic rings. The van der Waals surface area contributed by atoms with Gasteiger partial charge in [0.15, 0.2) is 0 Å². The fourth-order valence-electron chi connectivity index (χ4n) is 3.08. The number of rotatable bonds is 1. The van der Waals surface area contributed by atoms with Gasteiger partial charge in [-0.05, 0) is 44.2 Å². The van der Waals surface area contributed by atoms with Crippen molar-refractivity contribution in [3.05, 3.63) is 50.4 Å². The van der Waals surface area contributed by atoms with Crippen LogP contribution in [0, 0.1) is 0 Å². The summed E-state index contributed by atoms with van der Waals surface area (Å²) in [6.07, 6.45) is 8.64. The number of esters is 2. The van der Waals surface area contributed by atoms with E-state index >= 15 is 0 Å². The van der Waals surface area contributed by atoms with Gasteiger partial charge in [-0.25, -0.2) is 9.78 Å². The lowest BCUT2D eigenvalue weighted by atomic mass is 10.1. The lowest BCUT2D eigenvalue weighted by Crippen LogP contribution is -2.27. The van der Waals surface area contributed by atoms with Crippen LogP contribution in [-0.4, -0.2) is 35.2 Å². The van der Waals surface area contributed by atoms with Gasteiger partial charge in [0.05, 0.1) is 17.1 Å². The van der Waals surface area contributed by atoms with Crippen molar-refractivity contribution < 1.29 is 19.1 Å². The Labute approximate surface area is 190 Å². The molecule has 0 saturated carbocycles. The molecular weight excluding hydrogens is 468 g/mol. The van der Waals surface area contributed by atoms with Crippen LogP contribution < -0.4 is 5.73 Å². The van der Waals surface area contributed by atoms with Crippen LogP contribution in [0.3, 0.4) is 0 Å². The van der Waals surface area contributed by atoms with E-state index < -0.39 is 12.1 Å². The van der Waals surface area contributed by atoms with Gasteiger partial charge in [0, 0.05) is 30.3 Å². The van der Waals surface area contributed by atoms with Crippen molar-refractivity contribution >= 4 is 39.2 Å². The first kappa shape index (κ1) is 24.5. The number of ether oxygens (including phenoxy) is 2. The van der Waals surface area contributed by atoms with Crippen LogP contribution in [-0.2, 0) is 31.9 Å². The monoisotopic (exact) mass is 496 g/mol. The van der Waals surface area contributed by atoms with Gasteiger partial charge >= 0.3 is 11.9 Å². The third kappa shape index (κ3) is 9.36. The highest BCUT2D eigenvalue weighted by Gasteiger charge is 2.17. The molecule has 2 heterocycles. The number of fused-ring (bicyclic) bond motifs is 2. The van der Waals surface area contributed by atoms with E-state index in [1.165, 1.54) is 17.4 Å². The molecule has 0 aromatic carbocycles. The van der Waals surface area contributed by atoms with E-state index in [0.717, 1.165) is 20.8 Å². The van der Waals surface area contributed by atoms with Crippen molar-refractivity contribution in [2.24, 2.45) is 5.73 Å². The molecule has 0 saturated heterocycles. The molecule has 0 amide bonds. The van der Waals surface area contributed by atoms with Gasteiger partial charge in [-0.2, -0.15) is 0 Å². The Hall–Kier alpha value is -1.77. The lowest BCUT2D eigenvalue weighted by molar-refractivity contribution is -0.148. The number of aryl methyl sites for hydroxylation is 1. The molecule has 1 aromatic heterocycles. The third-order valence-electron chi connectivity index (χ3n) is 4.41. The van der Waals surface area contributed by atoms with E-state index in [2.05, 4.69) is 20.9 Å². The number of nitrogens with zero attached hydrogens (tertiary/aromatic N) is 1. The first-order valence-electron chi connectivity index (χ1n) is 9.98. The molecule has 1 aromatic rings. The number of cyclic esters (lactones) is 2. The molecule has 30 heavy (non-hydrogen) atoms. The molecule has 164 valence electrons. The minimum absolute atomic E-state index is 0.184. The number of carbonyl (C=O) groups excluding carboxylic acids is 2. The summed E-state index contributed by atoms with van der Waals surface area (Å²) in [6, 6.07) is -0.274. The standard InChI is InChI=1S/C22H29BrN2O4S/c1-14-5-4-6-21(26)29-19(10-15(2)23)12-20-25-18(13-30-20)8-7-17(24)11-22(27)28-16(3)9-14/h4-6,10,13,16-17,19H,7-9,11-12,24H2,1-3H3/b6-4-,14-5+,15-10+/t16-,17+,19+/m0/s1. The van der Waals surface area contributed by atoms with Crippen molar-refractivity contribution in [1.82, 2.24) is 4.98 Å². The highest BCUT2D eigenvalue weighted by molar-refractivity contribution is 9.11. The molecule has 2 bridgehead atoms. The molecule has 2 rings (SSSR count). The summed E-state index contributed by atoms with van der Waals surface area (Å²) < 4.78 is 11.9. The van der Waals surface area contributed by atoms with Crippen molar-refractivity contribution in [1.29, 1.82) is 0 Å². The number of hydrogen-bond acceptors (Lipinski definition) is 7. The smallest absolute Gasteiger partial charge is 0.331 e. The summed E-state index contributed by atoms with van der Waals surface area (Å²) in [6.45, 7) is 5.66. The highest BCUT2D eigenvalue weighted by Crippen LogP contribution is 2.18. The number of hydrogen-bond donors (Lipinski definition) is 1. The number of thiazole rings is 1. The molecule has 0 fully saturated rings. The van der Waals surface area contributed by atoms with E-state index in [1.807, 2.05) is 38.3 Å². The number of aromatic nitrogens is 1. The van der Waals surface area contributed by atoms with Crippen LogP contribution >= 0.6 is 27.3 Å². The summed E-state index contributed by atoms with van der Waals surface area (Å²) in [5.74, 6) is -0.715. The summed E-state index contributed by atoms with van der Waals surface area (Å²) >= 11 is 4.94. The normalized spacial score (nSPS) is 28.2. The van der Waals surface area contributed by atoms with Crippen LogP contribution in [0.4, 0.5) is 0 Å². The zero-order chi connectivity index (χ0) is 22.1. The van der Waals surface area contributed by atoms with E-state index in [4.69, 9.17) is 15.2 Å².